The predicted octanol–water partition coefficient (Wildman–Crippen LogP) is 1.40. The van der Waals surface area contributed by atoms with Gasteiger partial charge in [0.2, 0.25) is 11.8 Å². The van der Waals surface area contributed by atoms with Gasteiger partial charge in [-0.3, -0.25) is 14.5 Å². The van der Waals surface area contributed by atoms with Gasteiger partial charge in [-0.05, 0) is 5.41 Å². The molecule has 4 heteroatoms. The third-order valence-electron chi connectivity index (χ3n) is 2.17. The first-order valence-electron chi connectivity index (χ1n) is 4.35. The number of hydrogen-bond donors (Lipinski definition) is 0. The van der Waals surface area contributed by atoms with Crippen LogP contribution in [0.1, 0.15) is 26.7 Å². The molecule has 1 fully saturated rings. The minimum absolute atomic E-state index is 0.0955. The van der Waals surface area contributed by atoms with Crippen LogP contribution in [0.4, 0.5) is 0 Å². The Labute approximate surface area is 83.0 Å². The van der Waals surface area contributed by atoms with E-state index in [0.717, 1.165) is 0 Å². The molecular formula is C9H14ClNO2. The summed E-state index contributed by atoms with van der Waals surface area (Å²) >= 11 is 5.49. The molecule has 1 saturated heterocycles. The van der Waals surface area contributed by atoms with Crippen LogP contribution in [0.5, 0.6) is 0 Å². The first-order valence-corrected chi connectivity index (χ1v) is 4.89. The quantitative estimate of drug-likeness (QED) is 0.503. The Morgan fingerprint density at radius 2 is 1.77 bits per heavy atom. The molecule has 0 atom stereocenters. The Morgan fingerprint density at radius 1 is 1.31 bits per heavy atom. The zero-order valence-electron chi connectivity index (χ0n) is 7.97. The van der Waals surface area contributed by atoms with Crippen LogP contribution in [0.25, 0.3) is 0 Å². The minimum atomic E-state index is -0.184. The molecule has 0 aromatic rings. The van der Waals surface area contributed by atoms with E-state index in [-0.39, 0.29) is 17.2 Å². The van der Waals surface area contributed by atoms with Gasteiger partial charge in [-0.25, -0.2) is 0 Å². The molecule has 0 spiro atoms. The lowest BCUT2D eigenvalue weighted by Crippen LogP contribution is -2.46. The molecule has 0 radical (unpaired) electrons. The number of alkyl halides is 1. The molecule has 2 amide bonds. The SMILES string of the molecule is CC1(C)CC(=O)N(CCCl)C(=O)C1. The zero-order chi connectivity index (χ0) is 10.1. The fourth-order valence-electron chi connectivity index (χ4n) is 1.55. The van der Waals surface area contributed by atoms with Crippen molar-refractivity contribution in [3.05, 3.63) is 0 Å². The third kappa shape index (κ3) is 2.44. The van der Waals surface area contributed by atoms with Gasteiger partial charge in [0.25, 0.3) is 0 Å². The molecule has 0 aliphatic carbocycles. The van der Waals surface area contributed by atoms with Crippen molar-refractivity contribution in [2.45, 2.75) is 26.7 Å². The first-order chi connectivity index (χ1) is 5.96. The number of carbonyl (C=O) groups excluding carboxylic acids is 2. The summed E-state index contributed by atoms with van der Waals surface area (Å²) in [6.07, 6.45) is 0.880. The first kappa shape index (κ1) is 10.5. The standard InChI is InChI=1S/C9H14ClNO2/c1-9(2)5-7(12)11(4-3-10)8(13)6-9/h3-6H2,1-2H3. The van der Waals surface area contributed by atoms with E-state index in [1.165, 1.54) is 4.90 Å². The molecule has 0 unspecified atom stereocenters. The maximum atomic E-state index is 11.5. The van der Waals surface area contributed by atoms with E-state index in [0.29, 0.717) is 25.3 Å². The van der Waals surface area contributed by atoms with Crippen LogP contribution in [-0.4, -0.2) is 29.1 Å². The number of likely N-dealkylation sites (tertiary alicyclic amines) is 1. The summed E-state index contributed by atoms with van der Waals surface area (Å²) in [6.45, 7) is 4.21. The third-order valence-corrected chi connectivity index (χ3v) is 2.34. The van der Waals surface area contributed by atoms with Crippen molar-refractivity contribution in [3.63, 3.8) is 0 Å². The van der Waals surface area contributed by atoms with E-state index in [1.54, 1.807) is 0 Å². The maximum Gasteiger partial charge on any atom is 0.229 e. The normalized spacial score (nSPS) is 22.2. The largest absolute Gasteiger partial charge is 0.281 e. The van der Waals surface area contributed by atoms with Gasteiger partial charge in [-0.2, -0.15) is 0 Å². The van der Waals surface area contributed by atoms with Crippen molar-refractivity contribution in [2.24, 2.45) is 5.41 Å². The van der Waals surface area contributed by atoms with Crippen molar-refractivity contribution in [1.82, 2.24) is 4.90 Å². The van der Waals surface area contributed by atoms with Crippen LogP contribution < -0.4 is 0 Å². The van der Waals surface area contributed by atoms with Crippen LogP contribution in [0, 0.1) is 5.41 Å². The lowest BCUT2D eigenvalue weighted by atomic mass is 9.82. The lowest BCUT2D eigenvalue weighted by Gasteiger charge is -2.34. The Morgan fingerprint density at radius 3 is 2.15 bits per heavy atom. The molecule has 3 nitrogen and oxygen atoms in total. The zero-order valence-corrected chi connectivity index (χ0v) is 8.73. The number of rotatable bonds is 2. The number of halogens is 1. The van der Waals surface area contributed by atoms with Crippen LogP contribution in [0.15, 0.2) is 0 Å². The Balaban J connectivity index is 2.71. The van der Waals surface area contributed by atoms with Crippen LogP contribution in [0.2, 0.25) is 0 Å². The summed E-state index contributed by atoms with van der Waals surface area (Å²) in [7, 11) is 0. The Bertz CT molecular complexity index is 218. The molecule has 0 N–H and O–H groups in total. The molecule has 13 heavy (non-hydrogen) atoms. The van der Waals surface area contributed by atoms with Crippen LogP contribution >= 0.6 is 11.6 Å². The fourth-order valence-corrected chi connectivity index (χ4v) is 1.71. The Kier molecular flexibility index (Phi) is 2.96. The van der Waals surface area contributed by atoms with Crippen molar-refractivity contribution in [3.8, 4) is 0 Å². The molecule has 1 rings (SSSR count). The van der Waals surface area contributed by atoms with Gasteiger partial charge in [0.1, 0.15) is 0 Å². The second kappa shape index (κ2) is 3.66. The van der Waals surface area contributed by atoms with Crippen molar-refractivity contribution >= 4 is 23.4 Å². The smallest absolute Gasteiger partial charge is 0.229 e. The van der Waals surface area contributed by atoms with Crippen LogP contribution in [0.3, 0.4) is 0 Å². The van der Waals surface area contributed by atoms with E-state index in [2.05, 4.69) is 0 Å². The van der Waals surface area contributed by atoms with E-state index >= 15 is 0 Å². The monoisotopic (exact) mass is 203 g/mol. The second-order valence-corrected chi connectivity index (χ2v) is 4.52. The molecule has 0 bridgehead atoms. The van der Waals surface area contributed by atoms with Gasteiger partial charge in [-0.15, -0.1) is 11.6 Å². The second-order valence-electron chi connectivity index (χ2n) is 4.15. The van der Waals surface area contributed by atoms with Gasteiger partial charge in [0.05, 0.1) is 0 Å². The maximum absolute atomic E-state index is 11.5. The number of imide groups is 1. The summed E-state index contributed by atoms with van der Waals surface area (Å²) in [4.78, 5) is 24.2. The molecule has 1 aliphatic heterocycles. The highest BCUT2D eigenvalue weighted by Crippen LogP contribution is 2.31. The number of nitrogens with zero attached hydrogens (tertiary/aromatic N) is 1. The average molecular weight is 204 g/mol. The lowest BCUT2D eigenvalue weighted by molar-refractivity contribution is -0.152. The average Bonchev–Trinajstić information content (AvgIpc) is 1.94. The van der Waals surface area contributed by atoms with E-state index in [9.17, 15) is 9.59 Å². The minimum Gasteiger partial charge on any atom is -0.281 e. The number of amides is 2. The Hall–Kier alpha value is -0.570. The van der Waals surface area contributed by atoms with Gasteiger partial charge in [0, 0.05) is 25.3 Å². The van der Waals surface area contributed by atoms with Gasteiger partial charge >= 0.3 is 0 Å². The van der Waals surface area contributed by atoms with E-state index in [4.69, 9.17) is 11.6 Å². The highest BCUT2D eigenvalue weighted by atomic mass is 35.5. The molecular weight excluding hydrogens is 190 g/mol. The van der Waals surface area contributed by atoms with Crippen molar-refractivity contribution < 1.29 is 9.59 Å². The molecule has 0 aromatic heterocycles. The summed E-state index contributed by atoms with van der Waals surface area (Å²) in [6, 6.07) is 0. The molecule has 1 aliphatic rings. The molecule has 0 aromatic carbocycles. The number of piperidine rings is 1. The van der Waals surface area contributed by atoms with Crippen molar-refractivity contribution in [2.75, 3.05) is 12.4 Å². The predicted molar refractivity (Wildman–Crippen MR) is 50.5 cm³/mol. The summed E-state index contributed by atoms with van der Waals surface area (Å²) < 4.78 is 0. The van der Waals surface area contributed by atoms with Crippen molar-refractivity contribution in [1.29, 1.82) is 0 Å². The summed E-state index contributed by atoms with van der Waals surface area (Å²) in [5, 5.41) is 0. The highest BCUT2D eigenvalue weighted by molar-refractivity contribution is 6.18. The van der Waals surface area contributed by atoms with Gasteiger partial charge in [0.15, 0.2) is 0 Å². The molecule has 74 valence electrons. The molecule has 0 saturated carbocycles. The van der Waals surface area contributed by atoms with Crippen LogP contribution in [-0.2, 0) is 9.59 Å². The van der Waals surface area contributed by atoms with E-state index in [1.807, 2.05) is 13.8 Å². The fraction of sp³-hybridized carbons (Fsp3) is 0.778. The van der Waals surface area contributed by atoms with E-state index < -0.39 is 0 Å². The van der Waals surface area contributed by atoms with Gasteiger partial charge in [-0.1, -0.05) is 13.8 Å². The van der Waals surface area contributed by atoms with Gasteiger partial charge < -0.3 is 0 Å². The molecule has 1 heterocycles. The number of carbonyl (C=O) groups is 2. The number of hydrogen-bond acceptors (Lipinski definition) is 2. The topological polar surface area (TPSA) is 37.4 Å². The summed E-state index contributed by atoms with van der Waals surface area (Å²) in [5.41, 5.74) is -0.184. The summed E-state index contributed by atoms with van der Waals surface area (Å²) in [5.74, 6) is 0.126. The highest BCUT2D eigenvalue weighted by Gasteiger charge is 2.36.